The summed E-state index contributed by atoms with van der Waals surface area (Å²) in [6.45, 7) is 1.92. The largest absolute Gasteiger partial charge is 0.481 e. The molecular formula is C25H24N2O5. The molecular weight excluding hydrogens is 408 g/mol. The number of hydrogen-bond donors (Lipinski definition) is 1. The van der Waals surface area contributed by atoms with Gasteiger partial charge in [-0.15, -0.1) is 0 Å². The lowest BCUT2D eigenvalue weighted by Gasteiger charge is -2.26. The SMILES string of the molecule is Cc1ccc(C(=O)N(CCCCC(=O)O)c2ccccc2-c2ccccc2)cc1[N+](=O)[O-]. The van der Waals surface area contributed by atoms with Crippen LogP contribution >= 0.6 is 0 Å². The van der Waals surface area contributed by atoms with E-state index in [0.29, 0.717) is 24.1 Å². The van der Waals surface area contributed by atoms with Gasteiger partial charge in [0.15, 0.2) is 0 Å². The van der Waals surface area contributed by atoms with Crippen LogP contribution in [0, 0.1) is 17.0 Å². The number of nitro benzene ring substituents is 1. The van der Waals surface area contributed by atoms with E-state index < -0.39 is 10.9 Å². The van der Waals surface area contributed by atoms with Crippen molar-refractivity contribution in [2.75, 3.05) is 11.4 Å². The summed E-state index contributed by atoms with van der Waals surface area (Å²) in [7, 11) is 0. The van der Waals surface area contributed by atoms with Crippen LogP contribution in [0.5, 0.6) is 0 Å². The molecule has 32 heavy (non-hydrogen) atoms. The van der Waals surface area contributed by atoms with E-state index in [-0.39, 0.29) is 30.1 Å². The van der Waals surface area contributed by atoms with Crippen molar-refractivity contribution >= 4 is 23.3 Å². The molecule has 0 aliphatic heterocycles. The molecule has 0 atom stereocenters. The van der Waals surface area contributed by atoms with E-state index in [1.165, 1.54) is 6.07 Å². The molecule has 0 unspecified atom stereocenters. The van der Waals surface area contributed by atoms with Gasteiger partial charge in [-0.2, -0.15) is 0 Å². The molecule has 1 N–H and O–H groups in total. The zero-order chi connectivity index (χ0) is 23.1. The molecule has 164 valence electrons. The minimum absolute atomic E-state index is 0.0123. The van der Waals surface area contributed by atoms with Crippen LogP contribution < -0.4 is 4.90 Å². The number of nitrogens with zero attached hydrogens (tertiary/aromatic N) is 2. The van der Waals surface area contributed by atoms with Gasteiger partial charge in [0.25, 0.3) is 11.6 Å². The number of anilines is 1. The maximum atomic E-state index is 13.5. The quantitative estimate of drug-likeness (QED) is 0.274. The number of carboxylic acid groups (broad SMARTS) is 1. The molecule has 3 aromatic carbocycles. The van der Waals surface area contributed by atoms with E-state index in [0.717, 1.165) is 11.1 Å². The molecule has 0 fully saturated rings. The second kappa shape index (κ2) is 10.3. The summed E-state index contributed by atoms with van der Waals surface area (Å²) < 4.78 is 0. The predicted molar refractivity (Wildman–Crippen MR) is 123 cm³/mol. The van der Waals surface area contributed by atoms with Gasteiger partial charge in [-0.3, -0.25) is 19.7 Å². The Kier molecular flexibility index (Phi) is 7.33. The van der Waals surface area contributed by atoms with Crippen LogP contribution in [-0.2, 0) is 4.79 Å². The highest BCUT2D eigenvalue weighted by molar-refractivity contribution is 6.08. The Hall–Kier alpha value is -4.00. The highest BCUT2D eigenvalue weighted by Crippen LogP contribution is 2.32. The monoisotopic (exact) mass is 432 g/mol. The molecule has 1 amide bonds. The number of carbonyl (C=O) groups excluding carboxylic acids is 1. The van der Waals surface area contributed by atoms with Crippen LogP contribution in [0.1, 0.15) is 35.2 Å². The molecule has 0 aromatic heterocycles. The zero-order valence-electron chi connectivity index (χ0n) is 17.7. The molecule has 0 radical (unpaired) electrons. The first kappa shape index (κ1) is 22.7. The number of benzene rings is 3. The van der Waals surface area contributed by atoms with Crippen molar-refractivity contribution in [2.45, 2.75) is 26.2 Å². The summed E-state index contributed by atoms with van der Waals surface area (Å²) in [4.78, 5) is 36.9. The van der Waals surface area contributed by atoms with Gasteiger partial charge in [-0.25, -0.2) is 0 Å². The zero-order valence-corrected chi connectivity index (χ0v) is 17.7. The van der Waals surface area contributed by atoms with Crippen molar-refractivity contribution in [1.29, 1.82) is 0 Å². The Morgan fingerprint density at radius 1 is 0.969 bits per heavy atom. The first-order valence-electron chi connectivity index (χ1n) is 10.3. The van der Waals surface area contributed by atoms with Gasteiger partial charge in [0.05, 0.1) is 10.6 Å². The first-order chi connectivity index (χ1) is 15.4. The normalized spacial score (nSPS) is 10.5. The number of unbranched alkanes of at least 4 members (excludes halogenated alkanes) is 1. The number of aryl methyl sites for hydroxylation is 1. The topological polar surface area (TPSA) is 101 Å². The first-order valence-corrected chi connectivity index (χ1v) is 10.3. The summed E-state index contributed by atoms with van der Waals surface area (Å²) in [6.07, 6.45) is 0.911. The number of carbonyl (C=O) groups is 2. The molecule has 7 heteroatoms. The molecule has 0 aliphatic carbocycles. The summed E-state index contributed by atoms with van der Waals surface area (Å²) in [5.41, 5.74) is 3.02. The predicted octanol–water partition coefficient (Wildman–Crippen LogP) is 5.47. The fraction of sp³-hybridized carbons (Fsp3) is 0.200. The fourth-order valence-corrected chi connectivity index (χ4v) is 3.54. The molecule has 7 nitrogen and oxygen atoms in total. The van der Waals surface area contributed by atoms with Crippen molar-refractivity contribution in [3.63, 3.8) is 0 Å². The number of amides is 1. The highest BCUT2D eigenvalue weighted by Gasteiger charge is 2.23. The Morgan fingerprint density at radius 2 is 1.66 bits per heavy atom. The summed E-state index contributed by atoms with van der Waals surface area (Å²) >= 11 is 0. The summed E-state index contributed by atoms with van der Waals surface area (Å²) in [5.74, 6) is -1.26. The van der Waals surface area contributed by atoms with Gasteiger partial charge in [0.2, 0.25) is 0 Å². The van der Waals surface area contributed by atoms with Crippen molar-refractivity contribution < 1.29 is 19.6 Å². The van der Waals surface area contributed by atoms with Crippen molar-refractivity contribution in [2.24, 2.45) is 0 Å². The minimum Gasteiger partial charge on any atom is -0.481 e. The molecule has 0 aliphatic rings. The Labute approximate surface area is 186 Å². The second-order valence-corrected chi connectivity index (χ2v) is 7.45. The van der Waals surface area contributed by atoms with E-state index in [1.807, 2.05) is 54.6 Å². The maximum Gasteiger partial charge on any atom is 0.303 e. The highest BCUT2D eigenvalue weighted by atomic mass is 16.6. The van der Waals surface area contributed by atoms with Crippen LogP contribution in [0.3, 0.4) is 0 Å². The van der Waals surface area contributed by atoms with Gasteiger partial charge in [-0.1, -0.05) is 54.6 Å². The summed E-state index contributed by atoms with van der Waals surface area (Å²) in [5, 5.41) is 20.3. The van der Waals surface area contributed by atoms with Crippen molar-refractivity contribution in [1.82, 2.24) is 0 Å². The molecule has 0 saturated heterocycles. The molecule has 0 heterocycles. The Morgan fingerprint density at radius 3 is 2.34 bits per heavy atom. The van der Waals surface area contributed by atoms with E-state index in [2.05, 4.69) is 0 Å². The van der Waals surface area contributed by atoms with Gasteiger partial charge in [0, 0.05) is 35.7 Å². The number of aliphatic carboxylic acids is 1. The second-order valence-electron chi connectivity index (χ2n) is 7.45. The third-order valence-corrected chi connectivity index (χ3v) is 5.20. The standard InChI is InChI=1S/C25H24N2O5/c1-18-14-15-20(17-23(18)27(31)32)25(30)26(16-8-7-13-24(28)29)22-12-6-5-11-21(22)19-9-3-2-4-10-19/h2-6,9-12,14-15,17H,7-8,13,16H2,1H3,(H,28,29). The number of nitro groups is 1. The Bertz CT molecular complexity index is 1130. The van der Waals surface area contributed by atoms with Gasteiger partial charge < -0.3 is 10.0 Å². The van der Waals surface area contributed by atoms with Gasteiger partial charge in [-0.05, 0) is 37.5 Å². The fourth-order valence-electron chi connectivity index (χ4n) is 3.54. The third kappa shape index (κ3) is 5.37. The maximum absolute atomic E-state index is 13.5. The van der Waals surface area contributed by atoms with E-state index in [1.54, 1.807) is 24.0 Å². The third-order valence-electron chi connectivity index (χ3n) is 5.20. The summed E-state index contributed by atoms with van der Waals surface area (Å²) in [6, 6.07) is 21.5. The van der Waals surface area contributed by atoms with Crippen LogP contribution in [-0.4, -0.2) is 28.5 Å². The average Bonchev–Trinajstić information content (AvgIpc) is 2.79. The Balaban J connectivity index is 2.02. The van der Waals surface area contributed by atoms with Gasteiger partial charge >= 0.3 is 5.97 Å². The van der Waals surface area contributed by atoms with E-state index >= 15 is 0 Å². The number of rotatable bonds is 9. The van der Waals surface area contributed by atoms with E-state index in [4.69, 9.17) is 5.11 Å². The van der Waals surface area contributed by atoms with Crippen LogP contribution in [0.4, 0.5) is 11.4 Å². The molecule has 0 bridgehead atoms. The minimum atomic E-state index is -0.887. The van der Waals surface area contributed by atoms with Crippen LogP contribution in [0.15, 0.2) is 72.8 Å². The molecule has 3 aromatic rings. The lowest BCUT2D eigenvalue weighted by atomic mass is 10.0. The smallest absolute Gasteiger partial charge is 0.303 e. The van der Waals surface area contributed by atoms with E-state index in [9.17, 15) is 19.7 Å². The lowest BCUT2D eigenvalue weighted by Crippen LogP contribution is -2.32. The van der Waals surface area contributed by atoms with Crippen LogP contribution in [0.25, 0.3) is 11.1 Å². The number of para-hydroxylation sites is 1. The molecule has 0 saturated carbocycles. The van der Waals surface area contributed by atoms with Crippen LogP contribution in [0.2, 0.25) is 0 Å². The molecule has 0 spiro atoms. The van der Waals surface area contributed by atoms with Crippen molar-refractivity contribution in [3.8, 4) is 11.1 Å². The number of hydrogen-bond acceptors (Lipinski definition) is 4. The lowest BCUT2D eigenvalue weighted by molar-refractivity contribution is -0.385. The molecule has 3 rings (SSSR count). The average molecular weight is 432 g/mol. The number of carboxylic acids is 1. The van der Waals surface area contributed by atoms with Crippen molar-refractivity contribution in [3.05, 3.63) is 94.0 Å². The van der Waals surface area contributed by atoms with Gasteiger partial charge in [0.1, 0.15) is 0 Å².